The van der Waals surface area contributed by atoms with Gasteiger partial charge in [-0.05, 0) is 35.9 Å². The van der Waals surface area contributed by atoms with Crippen LogP contribution in [-0.4, -0.2) is 38.4 Å². The maximum absolute atomic E-state index is 12.4. The largest absolute Gasteiger partial charge is 0.486 e. The summed E-state index contributed by atoms with van der Waals surface area (Å²) in [6, 6.07) is 12.6. The minimum atomic E-state index is -0.345. The molecule has 2 aliphatic heterocycles. The van der Waals surface area contributed by atoms with Crippen LogP contribution in [0.5, 0.6) is 11.5 Å². The van der Waals surface area contributed by atoms with Gasteiger partial charge in [0.05, 0.1) is 6.54 Å². The molecule has 0 radical (unpaired) electrons. The standard InChI is InChI=1S/C19H18N2O5/c22-18(14-4-5-16-17(11-14)25-9-8-24-16)20-12-13-2-1-3-15(10-13)21-6-7-26-19(21)23/h1-5,10-11H,6-9,12H2,(H,20,22). The van der Waals surface area contributed by atoms with Crippen molar-refractivity contribution >= 4 is 17.7 Å². The van der Waals surface area contributed by atoms with Gasteiger partial charge >= 0.3 is 6.09 Å². The Morgan fingerprint density at radius 3 is 2.65 bits per heavy atom. The van der Waals surface area contributed by atoms with Crippen molar-refractivity contribution in [3.63, 3.8) is 0 Å². The van der Waals surface area contributed by atoms with Crippen LogP contribution in [0.25, 0.3) is 0 Å². The number of nitrogens with one attached hydrogen (secondary N) is 1. The van der Waals surface area contributed by atoms with Gasteiger partial charge in [0, 0.05) is 17.8 Å². The quantitative estimate of drug-likeness (QED) is 0.912. The lowest BCUT2D eigenvalue weighted by Gasteiger charge is -2.18. The molecular formula is C19H18N2O5. The van der Waals surface area contributed by atoms with Crippen molar-refractivity contribution in [3.05, 3.63) is 53.6 Å². The van der Waals surface area contributed by atoms with E-state index in [9.17, 15) is 9.59 Å². The number of hydrogen-bond acceptors (Lipinski definition) is 5. The lowest BCUT2D eigenvalue weighted by molar-refractivity contribution is 0.0949. The molecule has 0 spiro atoms. The molecule has 1 N–H and O–H groups in total. The van der Waals surface area contributed by atoms with Gasteiger partial charge in [-0.1, -0.05) is 12.1 Å². The van der Waals surface area contributed by atoms with Crippen molar-refractivity contribution in [2.24, 2.45) is 0 Å². The fourth-order valence-corrected chi connectivity index (χ4v) is 2.93. The van der Waals surface area contributed by atoms with Crippen LogP contribution < -0.4 is 19.7 Å². The Bertz CT molecular complexity index is 852. The maximum Gasteiger partial charge on any atom is 0.414 e. The summed E-state index contributed by atoms with van der Waals surface area (Å²) < 4.78 is 15.9. The number of carbonyl (C=O) groups excluding carboxylic acids is 2. The van der Waals surface area contributed by atoms with Gasteiger partial charge < -0.3 is 19.5 Å². The Balaban J connectivity index is 1.42. The smallest absolute Gasteiger partial charge is 0.414 e. The fourth-order valence-electron chi connectivity index (χ4n) is 2.93. The summed E-state index contributed by atoms with van der Waals surface area (Å²) in [7, 11) is 0. The monoisotopic (exact) mass is 354 g/mol. The van der Waals surface area contributed by atoms with Crippen LogP contribution in [-0.2, 0) is 11.3 Å². The first-order chi connectivity index (χ1) is 12.7. The lowest BCUT2D eigenvalue weighted by atomic mass is 10.1. The number of hydrogen-bond donors (Lipinski definition) is 1. The fraction of sp³-hybridized carbons (Fsp3) is 0.263. The van der Waals surface area contributed by atoms with Crippen LogP contribution in [0.4, 0.5) is 10.5 Å². The zero-order valence-electron chi connectivity index (χ0n) is 14.1. The second-order valence-corrected chi connectivity index (χ2v) is 5.98. The van der Waals surface area contributed by atoms with E-state index in [0.29, 0.717) is 50.0 Å². The molecule has 2 aromatic carbocycles. The van der Waals surface area contributed by atoms with E-state index in [4.69, 9.17) is 14.2 Å². The molecule has 2 amide bonds. The molecule has 0 bridgehead atoms. The lowest BCUT2D eigenvalue weighted by Crippen LogP contribution is -2.25. The number of amides is 2. The molecule has 7 nitrogen and oxygen atoms in total. The third kappa shape index (κ3) is 3.28. The molecule has 0 atom stereocenters. The predicted molar refractivity (Wildman–Crippen MR) is 93.7 cm³/mol. The van der Waals surface area contributed by atoms with Crippen molar-refractivity contribution in [1.29, 1.82) is 0 Å². The van der Waals surface area contributed by atoms with E-state index in [-0.39, 0.29) is 12.0 Å². The van der Waals surface area contributed by atoms with Crippen LogP contribution in [0.2, 0.25) is 0 Å². The Morgan fingerprint density at radius 2 is 1.85 bits per heavy atom. The van der Waals surface area contributed by atoms with Gasteiger partial charge in [-0.2, -0.15) is 0 Å². The average molecular weight is 354 g/mol. The van der Waals surface area contributed by atoms with Gasteiger partial charge in [0.25, 0.3) is 5.91 Å². The number of nitrogens with zero attached hydrogens (tertiary/aromatic N) is 1. The summed E-state index contributed by atoms with van der Waals surface area (Å²) in [4.78, 5) is 25.6. The molecule has 2 aromatic rings. The number of fused-ring (bicyclic) bond motifs is 1. The first-order valence-electron chi connectivity index (χ1n) is 8.42. The summed E-state index contributed by atoms with van der Waals surface area (Å²) >= 11 is 0. The first-order valence-corrected chi connectivity index (χ1v) is 8.42. The average Bonchev–Trinajstić information content (AvgIpc) is 3.12. The van der Waals surface area contributed by atoms with Crippen LogP contribution in [0.15, 0.2) is 42.5 Å². The summed E-state index contributed by atoms with van der Waals surface area (Å²) in [6.45, 7) is 2.27. The Kier molecular flexibility index (Phi) is 4.35. The van der Waals surface area contributed by atoms with Crippen molar-refractivity contribution in [3.8, 4) is 11.5 Å². The van der Waals surface area contributed by atoms with Crippen LogP contribution in [0.3, 0.4) is 0 Å². The molecule has 0 unspecified atom stereocenters. The molecule has 0 saturated carbocycles. The highest BCUT2D eigenvalue weighted by Crippen LogP contribution is 2.30. The highest BCUT2D eigenvalue weighted by Gasteiger charge is 2.23. The van der Waals surface area contributed by atoms with Crippen molar-refractivity contribution in [2.75, 3.05) is 31.3 Å². The zero-order chi connectivity index (χ0) is 17.9. The molecule has 0 aromatic heterocycles. The normalized spacial score (nSPS) is 15.5. The Morgan fingerprint density at radius 1 is 1.00 bits per heavy atom. The minimum absolute atomic E-state index is 0.201. The van der Waals surface area contributed by atoms with Gasteiger partial charge in [0.15, 0.2) is 11.5 Å². The van der Waals surface area contributed by atoms with E-state index in [0.717, 1.165) is 11.3 Å². The van der Waals surface area contributed by atoms with Gasteiger partial charge in [-0.3, -0.25) is 9.69 Å². The van der Waals surface area contributed by atoms with Gasteiger partial charge in [-0.25, -0.2) is 4.79 Å². The molecule has 2 aliphatic rings. The molecule has 1 fully saturated rings. The molecule has 4 rings (SSSR count). The van der Waals surface area contributed by atoms with Gasteiger partial charge in [0.2, 0.25) is 0 Å². The number of cyclic esters (lactones) is 1. The molecule has 26 heavy (non-hydrogen) atoms. The number of ether oxygens (including phenoxy) is 3. The zero-order valence-corrected chi connectivity index (χ0v) is 14.1. The number of anilines is 1. The molecule has 134 valence electrons. The van der Waals surface area contributed by atoms with Crippen molar-refractivity contribution in [2.45, 2.75) is 6.54 Å². The number of carbonyl (C=O) groups is 2. The third-order valence-electron chi connectivity index (χ3n) is 4.24. The van der Waals surface area contributed by atoms with Crippen molar-refractivity contribution in [1.82, 2.24) is 5.32 Å². The summed E-state index contributed by atoms with van der Waals surface area (Å²) in [6.07, 6.45) is -0.345. The molecule has 2 heterocycles. The second kappa shape index (κ2) is 6.95. The molecule has 0 aliphatic carbocycles. The SMILES string of the molecule is O=C(NCc1cccc(N2CCOC2=O)c1)c1ccc2c(c1)OCCO2. The van der Waals surface area contributed by atoms with E-state index >= 15 is 0 Å². The molecule has 1 saturated heterocycles. The molecular weight excluding hydrogens is 336 g/mol. The highest BCUT2D eigenvalue weighted by molar-refractivity contribution is 5.95. The van der Waals surface area contributed by atoms with E-state index in [1.165, 1.54) is 0 Å². The second-order valence-electron chi connectivity index (χ2n) is 5.98. The number of rotatable bonds is 4. The van der Waals surface area contributed by atoms with E-state index < -0.39 is 0 Å². The van der Waals surface area contributed by atoms with Crippen LogP contribution >= 0.6 is 0 Å². The van der Waals surface area contributed by atoms with E-state index in [1.807, 2.05) is 24.3 Å². The van der Waals surface area contributed by atoms with E-state index in [1.54, 1.807) is 23.1 Å². The summed E-state index contributed by atoms with van der Waals surface area (Å²) in [5, 5.41) is 2.88. The predicted octanol–water partition coefficient (Wildman–Crippen LogP) is 2.34. The maximum atomic E-state index is 12.4. The summed E-state index contributed by atoms with van der Waals surface area (Å²) in [5.41, 5.74) is 2.17. The molecule has 7 heteroatoms. The highest BCUT2D eigenvalue weighted by atomic mass is 16.6. The number of benzene rings is 2. The minimum Gasteiger partial charge on any atom is -0.486 e. The Hall–Kier alpha value is -3.22. The van der Waals surface area contributed by atoms with E-state index in [2.05, 4.69) is 5.32 Å². The van der Waals surface area contributed by atoms with Crippen LogP contribution in [0, 0.1) is 0 Å². The summed E-state index contributed by atoms with van der Waals surface area (Å²) in [5.74, 6) is 1.03. The first kappa shape index (κ1) is 16.3. The topological polar surface area (TPSA) is 77.1 Å². The third-order valence-corrected chi connectivity index (χ3v) is 4.24. The Labute approximate surface area is 150 Å². The van der Waals surface area contributed by atoms with Crippen molar-refractivity contribution < 1.29 is 23.8 Å². The van der Waals surface area contributed by atoms with Crippen LogP contribution in [0.1, 0.15) is 15.9 Å². The van der Waals surface area contributed by atoms with Gasteiger partial charge in [0.1, 0.15) is 19.8 Å². The van der Waals surface area contributed by atoms with Gasteiger partial charge in [-0.15, -0.1) is 0 Å².